The molecular formula is C7H16Cl2NO+. The van der Waals surface area contributed by atoms with E-state index in [2.05, 4.69) is 0 Å². The molecule has 1 unspecified atom stereocenters. The van der Waals surface area contributed by atoms with Gasteiger partial charge in [0.15, 0.2) is 0 Å². The third kappa shape index (κ3) is 6.88. The van der Waals surface area contributed by atoms with E-state index in [1.165, 1.54) is 0 Å². The summed E-state index contributed by atoms with van der Waals surface area (Å²) in [4.78, 5) is 0. The number of hydrogen-bond acceptors (Lipinski definition) is 1. The van der Waals surface area contributed by atoms with E-state index in [-0.39, 0.29) is 4.65 Å². The first kappa shape index (κ1) is 11.5. The van der Waals surface area contributed by atoms with E-state index in [1.54, 1.807) is 7.05 Å². The highest BCUT2D eigenvalue weighted by Crippen LogP contribution is 2.02. The minimum Gasteiger partial charge on any atom is -0.217 e. The van der Waals surface area contributed by atoms with Gasteiger partial charge < -0.3 is 0 Å². The Kier molecular flexibility index (Phi) is 6.34. The van der Waals surface area contributed by atoms with Gasteiger partial charge in [0, 0.05) is 12.3 Å². The van der Waals surface area contributed by atoms with Gasteiger partial charge in [-0.25, -0.2) is 5.21 Å². The first-order valence-electron chi connectivity index (χ1n) is 3.81. The molecule has 0 radical (unpaired) electrons. The average Bonchev–Trinajstić information content (AvgIpc) is 1.87. The van der Waals surface area contributed by atoms with Gasteiger partial charge >= 0.3 is 0 Å². The van der Waals surface area contributed by atoms with Crippen molar-refractivity contribution >= 4 is 23.2 Å². The average molecular weight is 201 g/mol. The van der Waals surface area contributed by atoms with Gasteiger partial charge in [-0.2, -0.15) is 4.65 Å². The van der Waals surface area contributed by atoms with Crippen molar-refractivity contribution in [2.24, 2.45) is 0 Å². The summed E-state index contributed by atoms with van der Waals surface area (Å²) in [6, 6.07) is 0. The molecule has 1 N–H and O–H groups in total. The molecule has 0 bridgehead atoms. The molecule has 1 atom stereocenters. The maximum atomic E-state index is 9.55. The molecule has 0 aliphatic carbocycles. The third-order valence-corrected chi connectivity index (χ3v) is 2.03. The lowest BCUT2D eigenvalue weighted by atomic mass is 10.3. The standard InChI is InChI=1S/C7H16Cl2NO/c1-10(11,7-5-9)6-3-2-4-8/h11H,2-7H2,1H3/q+1. The Balaban J connectivity index is 3.38. The number of quaternary nitrogens is 1. The Bertz CT molecular complexity index is 98.4. The van der Waals surface area contributed by atoms with Gasteiger partial charge in [-0.05, 0) is 6.42 Å². The number of rotatable bonds is 6. The van der Waals surface area contributed by atoms with E-state index in [0.717, 1.165) is 19.4 Å². The summed E-state index contributed by atoms with van der Waals surface area (Å²) in [5.74, 6) is 1.16. The van der Waals surface area contributed by atoms with Crippen LogP contribution in [0.2, 0.25) is 0 Å². The van der Waals surface area contributed by atoms with Crippen molar-refractivity contribution in [2.75, 3.05) is 31.9 Å². The largest absolute Gasteiger partial charge is 0.217 e. The summed E-state index contributed by atoms with van der Waals surface area (Å²) in [5, 5.41) is 9.55. The fourth-order valence-electron chi connectivity index (χ4n) is 0.841. The number of hydroxylamine groups is 3. The van der Waals surface area contributed by atoms with E-state index in [9.17, 15) is 5.21 Å². The Labute approximate surface area is 78.3 Å². The molecule has 0 saturated heterocycles. The van der Waals surface area contributed by atoms with Crippen LogP contribution in [-0.2, 0) is 0 Å². The highest BCUT2D eigenvalue weighted by molar-refractivity contribution is 6.18. The Morgan fingerprint density at radius 2 is 1.73 bits per heavy atom. The molecule has 4 heteroatoms. The number of nitrogens with zero attached hydrogens (tertiary/aromatic N) is 1. The van der Waals surface area contributed by atoms with Crippen molar-refractivity contribution in [3.05, 3.63) is 0 Å². The zero-order valence-electron chi connectivity index (χ0n) is 6.89. The first-order chi connectivity index (χ1) is 5.12. The maximum Gasteiger partial charge on any atom is 0.122 e. The van der Waals surface area contributed by atoms with Gasteiger partial charge in [-0.15, -0.1) is 23.2 Å². The van der Waals surface area contributed by atoms with Crippen molar-refractivity contribution in [1.82, 2.24) is 0 Å². The van der Waals surface area contributed by atoms with Gasteiger partial charge in [0.05, 0.1) is 12.9 Å². The van der Waals surface area contributed by atoms with Crippen LogP contribution in [0.4, 0.5) is 0 Å². The molecule has 68 valence electrons. The molecule has 0 aromatic rings. The third-order valence-electron chi connectivity index (χ3n) is 1.59. The minimum absolute atomic E-state index is 0.0143. The molecule has 0 spiro atoms. The lowest BCUT2D eigenvalue weighted by molar-refractivity contribution is -1.09. The van der Waals surface area contributed by atoms with Gasteiger partial charge in [-0.3, -0.25) is 0 Å². The van der Waals surface area contributed by atoms with E-state index in [0.29, 0.717) is 18.3 Å². The predicted molar refractivity (Wildman–Crippen MR) is 48.4 cm³/mol. The zero-order valence-corrected chi connectivity index (χ0v) is 8.40. The van der Waals surface area contributed by atoms with Crippen molar-refractivity contribution < 1.29 is 9.85 Å². The van der Waals surface area contributed by atoms with Crippen LogP contribution >= 0.6 is 23.2 Å². The second-order valence-electron chi connectivity index (χ2n) is 2.87. The minimum atomic E-state index is 0.0143. The number of alkyl halides is 2. The molecule has 0 rings (SSSR count). The molecule has 0 saturated carbocycles. The first-order valence-corrected chi connectivity index (χ1v) is 4.88. The fraction of sp³-hybridized carbons (Fsp3) is 1.00. The zero-order chi connectivity index (χ0) is 8.74. The molecule has 0 amide bonds. The van der Waals surface area contributed by atoms with Crippen LogP contribution in [0.25, 0.3) is 0 Å². The van der Waals surface area contributed by atoms with Gasteiger partial charge in [0.1, 0.15) is 13.1 Å². The van der Waals surface area contributed by atoms with E-state index in [1.807, 2.05) is 0 Å². The molecular weight excluding hydrogens is 185 g/mol. The maximum absolute atomic E-state index is 9.55. The van der Waals surface area contributed by atoms with Crippen LogP contribution in [0.1, 0.15) is 12.8 Å². The summed E-state index contributed by atoms with van der Waals surface area (Å²) < 4.78 is 0.0143. The van der Waals surface area contributed by atoms with Crippen LogP contribution in [0.3, 0.4) is 0 Å². The quantitative estimate of drug-likeness (QED) is 0.302. The summed E-state index contributed by atoms with van der Waals surface area (Å²) in [7, 11) is 1.76. The SMILES string of the molecule is C[N+](O)(CCCl)CCCCCl. The smallest absolute Gasteiger partial charge is 0.122 e. The highest BCUT2D eigenvalue weighted by Gasteiger charge is 2.16. The molecule has 0 fully saturated rings. The summed E-state index contributed by atoms with van der Waals surface area (Å²) in [6.45, 7) is 1.34. The summed E-state index contributed by atoms with van der Waals surface area (Å²) >= 11 is 11.0. The lowest BCUT2D eigenvalue weighted by Crippen LogP contribution is -2.42. The molecule has 0 aromatic heterocycles. The summed E-state index contributed by atoms with van der Waals surface area (Å²) in [5.41, 5.74) is 0. The van der Waals surface area contributed by atoms with Crippen molar-refractivity contribution in [3.63, 3.8) is 0 Å². The highest BCUT2D eigenvalue weighted by atomic mass is 35.5. The fourth-order valence-corrected chi connectivity index (χ4v) is 1.39. The van der Waals surface area contributed by atoms with Gasteiger partial charge in [-0.1, -0.05) is 0 Å². The van der Waals surface area contributed by atoms with Crippen LogP contribution in [0.5, 0.6) is 0 Å². The van der Waals surface area contributed by atoms with E-state index in [4.69, 9.17) is 23.2 Å². The Morgan fingerprint density at radius 1 is 1.09 bits per heavy atom. The van der Waals surface area contributed by atoms with Crippen molar-refractivity contribution in [3.8, 4) is 0 Å². The number of halogens is 2. The number of unbranched alkanes of at least 4 members (excludes halogenated alkanes) is 1. The Morgan fingerprint density at radius 3 is 2.18 bits per heavy atom. The van der Waals surface area contributed by atoms with Gasteiger partial charge in [0.25, 0.3) is 0 Å². The molecule has 0 aliphatic heterocycles. The summed E-state index contributed by atoms with van der Waals surface area (Å²) in [6.07, 6.45) is 1.91. The van der Waals surface area contributed by atoms with Crippen molar-refractivity contribution in [1.29, 1.82) is 0 Å². The topological polar surface area (TPSA) is 20.2 Å². The molecule has 0 aliphatic rings. The van der Waals surface area contributed by atoms with E-state index < -0.39 is 0 Å². The second-order valence-corrected chi connectivity index (χ2v) is 3.63. The van der Waals surface area contributed by atoms with Crippen molar-refractivity contribution in [2.45, 2.75) is 12.8 Å². The van der Waals surface area contributed by atoms with Gasteiger partial charge in [0.2, 0.25) is 0 Å². The van der Waals surface area contributed by atoms with Crippen LogP contribution in [0.15, 0.2) is 0 Å². The molecule has 0 aromatic carbocycles. The predicted octanol–water partition coefficient (Wildman–Crippen LogP) is 2.08. The molecule has 0 heterocycles. The Hall–Kier alpha value is 0.500. The molecule has 11 heavy (non-hydrogen) atoms. The monoisotopic (exact) mass is 200 g/mol. The second kappa shape index (κ2) is 6.06. The lowest BCUT2D eigenvalue weighted by Gasteiger charge is -2.23. The van der Waals surface area contributed by atoms with Crippen LogP contribution < -0.4 is 0 Å². The van der Waals surface area contributed by atoms with E-state index >= 15 is 0 Å². The number of hydrogen-bond donors (Lipinski definition) is 1. The van der Waals surface area contributed by atoms with Crippen LogP contribution in [-0.4, -0.2) is 41.8 Å². The normalized spacial score (nSPS) is 16.4. The molecule has 2 nitrogen and oxygen atoms in total. The van der Waals surface area contributed by atoms with Crippen LogP contribution in [0, 0.1) is 0 Å².